The Morgan fingerprint density at radius 2 is 1.72 bits per heavy atom. The lowest BCUT2D eigenvalue weighted by Gasteiger charge is -2.35. The average Bonchev–Trinajstić information content (AvgIpc) is 2.69. The van der Waals surface area contributed by atoms with Crippen molar-refractivity contribution in [3.8, 4) is 5.75 Å². The van der Waals surface area contributed by atoms with E-state index >= 15 is 0 Å². The van der Waals surface area contributed by atoms with E-state index in [1.807, 2.05) is 32.0 Å². The number of aryl methyl sites for hydroxylation is 2. The first-order chi connectivity index (χ1) is 13.8. The molecule has 0 unspecified atom stereocenters. The number of ether oxygens (including phenoxy) is 1. The van der Waals surface area contributed by atoms with Gasteiger partial charge in [-0.05, 0) is 43.7 Å². The fourth-order valence-electron chi connectivity index (χ4n) is 3.36. The monoisotopic (exact) mass is 418 g/mol. The van der Waals surface area contributed by atoms with Crippen LogP contribution in [0.5, 0.6) is 5.75 Å². The molecule has 0 saturated carbocycles. The van der Waals surface area contributed by atoms with Crippen LogP contribution in [0.1, 0.15) is 27.9 Å². The second-order valence-corrected chi connectivity index (χ2v) is 7.57. The lowest BCUT2D eigenvalue weighted by Crippen LogP contribution is -2.50. The van der Waals surface area contributed by atoms with E-state index in [1.165, 1.54) is 17.7 Å². The number of piperazine rings is 1. The zero-order chi connectivity index (χ0) is 21.0. The number of nitrogens with zero attached hydrogens (tertiary/aromatic N) is 2. The molecule has 1 aliphatic rings. The highest BCUT2D eigenvalue weighted by molar-refractivity contribution is 6.33. The predicted octanol–water partition coefficient (Wildman–Crippen LogP) is 3.85. The van der Waals surface area contributed by atoms with Gasteiger partial charge in [-0.15, -0.1) is 0 Å². The van der Waals surface area contributed by atoms with Crippen molar-refractivity contribution in [2.75, 3.05) is 32.8 Å². The molecule has 0 N–H and O–H groups in total. The Kier molecular flexibility index (Phi) is 6.75. The molecule has 2 aromatic rings. The molecule has 1 saturated heterocycles. The summed E-state index contributed by atoms with van der Waals surface area (Å²) < 4.78 is 18.9. The third kappa shape index (κ3) is 5.26. The molecule has 0 atom stereocenters. The molecule has 0 radical (unpaired) electrons. The van der Waals surface area contributed by atoms with E-state index in [1.54, 1.807) is 9.80 Å². The van der Waals surface area contributed by atoms with Crippen LogP contribution in [0.3, 0.4) is 0 Å². The van der Waals surface area contributed by atoms with Crippen molar-refractivity contribution in [1.29, 1.82) is 0 Å². The maximum absolute atomic E-state index is 13.2. The van der Waals surface area contributed by atoms with E-state index in [-0.39, 0.29) is 28.8 Å². The van der Waals surface area contributed by atoms with Crippen molar-refractivity contribution < 1.29 is 18.7 Å². The van der Waals surface area contributed by atoms with E-state index in [4.69, 9.17) is 16.3 Å². The summed E-state index contributed by atoms with van der Waals surface area (Å²) in [5, 5.41) is 0.0945. The van der Waals surface area contributed by atoms with Crippen molar-refractivity contribution in [1.82, 2.24) is 9.80 Å². The molecule has 7 heteroatoms. The number of hydrogen-bond donors (Lipinski definition) is 0. The Morgan fingerprint density at radius 1 is 1.03 bits per heavy atom. The molecule has 3 rings (SSSR count). The van der Waals surface area contributed by atoms with Crippen LogP contribution in [0, 0.1) is 19.7 Å². The van der Waals surface area contributed by atoms with Crippen molar-refractivity contribution in [2.24, 2.45) is 0 Å². The van der Waals surface area contributed by atoms with Crippen molar-refractivity contribution in [3.05, 3.63) is 63.9 Å². The van der Waals surface area contributed by atoms with Gasteiger partial charge in [-0.25, -0.2) is 4.39 Å². The Labute approximate surface area is 175 Å². The molecule has 0 spiro atoms. The number of carbonyl (C=O) groups is 2. The van der Waals surface area contributed by atoms with Crippen LogP contribution in [0.25, 0.3) is 0 Å². The van der Waals surface area contributed by atoms with Crippen molar-refractivity contribution >= 4 is 23.4 Å². The predicted molar refractivity (Wildman–Crippen MR) is 110 cm³/mol. The molecular weight excluding hydrogens is 395 g/mol. The van der Waals surface area contributed by atoms with Gasteiger partial charge >= 0.3 is 0 Å². The topological polar surface area (TPSA) is 49.9 Å². The van der Waals surface area contributed by atoms with Gasteiger partial charge in [-0.2, -0.15) is 0 Å². The first-order valence-electron chi connectivity index (χ1n) is 9.57. The molecular formula is C22H24ClFN2O3. The minimum Gasteiger partial charge on any atom is -0.493 e. The van der Waals surface area contributed by atoms with Crippen LogP contribution < -0.4 is 4.74 Å². The highest BCUT2D eigenvalue weighted by Crippen LogP contribution is 2.21. The van der Waals surface area contributed by atoms with Gasteiger partial charge in [0, 0.05) is 26.2 Å². The Balaban J connectivity index is 1.47. The van der Waals surface area contributed by atoms with Gasteiger partial charge in [0.1, 0.15) is 11.6 Å². The molecule has 0 aliphatic carbocycles. The lowest BCUT2D eigenvalue weighted by molar-refractivity contribution is -0.133. The van der Waals surface area contributed by atoms with Gasteiger partial charge < -0.3 is 14.5 Å². The van der Waals surface area contributed by atoms with Gasteiger partial charge in [0.05, 0.1) is 23.6 Å². The van der Waals surface area contributed by atoms with Crippen LogP contribution in [-0.2, 0) is 4.79 Å². The fraction of sp³-hybridized carbons (Fsp3) is 0.364. The Bertz CT molecular complexity index is 911. The van der Waals surface area contributed by atoms with Crippen LogP contribution in [-0.4, -0.2) is 54.4 Å². The van der Waals surface area contributed by atoms with E-state index in [0.29, 0.717) is 32.8 Å². The zero-order valence-electron chi connectivity index (χ0n) is 16.6. The van der Waals surface area contributed by atoms with Crippen LogP contribution in [0.15, 0.2) is 36.4 Å². The number of benzene rings is 2. The summed E-state index contributed by atoms with van der Waals surface area (Å²) in [5.41, 5.74) is 2.49. The summed E-state index contributed by atoms with van der Waals surface area (Å²) in [4.78, 5) is 28.4. The number of carbonyl (C=O) groups excluding carboxylic acids is 2. The normalized spacial score (nSPS) is 14.1. The van der Waals surface area contributed by atoms with E-state index in [0.717, 1.165) is 17.4 Å². The number of rotatable bonds is 5. The molecule has 2 aromatic carbocycles. The highest BCUT2D eigenvalue weighted by atomic mass is 35.5. The molecule has 1 aliphatic heterocycles. The number of amides is 2. The van der Waals surface area contributed by atoms with Gasteiger partial charge in [0.2, 0.25) is 5.91 Å². The van der Waals surface area contributed by atoms with Crippen LogP contribution >= 0.6 is 11.6 Å². The summed E-state index contributed by atoms with van der Waals surface area (Å²) in [5.74, 6) is 0.0574. The minimum absolute atomic E-state index is 0.00155. The van der Waals surface area contributed by atoms with Gasteiger partial charge in [0.15, 0.2) is 0 Å². The van der Waals surface area contributed by atoms with Crippen LogP contribution in [0.2, 0.25) is 5.02 Å². The van der Waals surface area contributed by atoms with Crippen molar-refractivity contribution in [3.63, 3.8) is 0 Å². The maximum Gasteiger partial charge on any atom is 0.255 e. The Hall–Kier alpha value is -2.60. The van der Waals surface area contributed by atoms with Gasteiger partial charge in [-0.1, -0.05) is 29.3 Å². The van der Waals surface area contributed by atoms with Crippen LogP contribution in [0.4, 0.5) is 4.39 Å². The molecule has 0 bridgehead atoms. The lowest BCUT2D eigenvalue weighted by atomic mass is 10.1. The van der Waals surface area contributed by atoms with Gasteiger partial charge in [-0.3, -0.25) is 9.59 Å². The zero-order valence-corrected chi connectivity index (χ0v) is 17.3. The smallest absolute Gasteiger partial charge is 0.255 e. The number of halogens is 2. The van der Waals surface area contributed by atoms with E-state index in [9.17, 15) is 14.0 Å². The molecule has 1 heterocycles. The largest absolute Gasteiger partial charge is 0.493 e. The standard InChI is InChI=1S/C22H24ClFN2O3/c1-15-3-6-20(16(2)13-15)29-12-7-21(27)25-8-10-26(11-9-25)22(28)18-5-4-17(24)14-19(18)23/h3-6,13-14H,7-12H2,1-2H3. The molecule has 5 nitrogen and oxygen atoms in total. The first kappa shape index (κ1) is 21.1. The Morgan fingerprint density at radius 3 is 2.38 bits per heavy atom. The fourth-order valence-corrected chi connectivity index (χ4v) is 3.61. The summed E-state index contributed by atoms with van der Waals surface area (Å²) >= 11 is 5.98. The second kappa shape index (κ2) is 9.27. The molecule has 154 valence electrons. The summed E-state index contributed by atoms with van der Waals surface area (Å²) in [7, 11) is 0. The highest BCUT2D eigenvalue weighted by Gasteiger charge is 2.26. The third-order valence-electron chi connectivity index (χ3n) is 4.99. The maximum atomic E-state index is 13.2. The van der Waals surface area contributed by atoms with E-state index in [2.05, 4.69) is 0 Å². The summed E-state index contributed by atoms with van der Waals surface area (Å²) in [6.07, 6.45) is 0.283. The molecule has 29 heavy (non-hydrogen) atoms. The third-order valence-corrected chi connectivity index (χ3v) is 5.30. The molecule has 0 aromatic heterocycles. The molecule has 1 fully saturated rings. The van der Waals surface area contributed by atoms with Crippen molar-refractivity contribution in [2.45, 2.75) is 20.3 Å². The second-order valence-electron chi connectivity index (χ2n) is 7.16. The summed E-state index contributed by atoms with van der Waals surface area (Å²) in [6.45, 7) is 6.04. The van der Waals surface area contributed by atoms with E-state index < -0.39 is 5.82 Å². The number of hydrogen-bond acceptors (Lipinski definition) is 3. The average molecular weight is 419 g/mol. The minimum atomic E-state index is -0.481. The first-order valence-corrected chi connectivity index (χ1v) is 9.95. The van der Waals surface area contributed by atoms with Gasteiger partial charge in [0.25, 0.3) is 5.91 Å². The summed E-state index contributed by atoms with van der Waals surface area (Å²) in [6, 6.07) is 9.68. The SMILES string of the molecule is Cc1ccc(OCCC(=O)N2CCN(C(=O)c3ccc(F)cc3Cl)CC2)c(C)c1. The molecule has 2 amide bonds. The quantitative estimate of drug-likeness (QED) is 0.741.